The number of aliphatic hydroxyl groups excluding tert-OH is 2. The van der Waals surface area contributed by atoms with Crippen LogP contribution < -0.4 is 5.32 Å². The highest BCUT2D eigenvalue weighted by atomic mass is 16.3. The zero-order chi connectivity index (χ0) is 10.0. The summed E-state index contributed by atoms with van der Waals surface area (Å²) in [7, 11) is 0. The van der Waals surface area contributed by atoms with Crippen molar-refractivity contribution in [1.29, 1.82) is 0 Å². The summed E-state index contributed by atoms with van der Waals surface area (Å²) in [5, 5.41) is 22.3. The van der Waals surface area contributed by atoms with Crippen LogP contribution in [0.1, 0.15) is 38.5 Å². The topological polar surface area (TPSA) is 52.5 Å². The lowest BCUT2D eigenvalue weighted by Crippen LogP contribution is -2.44. The number of hydrogen-bond acceptors (Lipinski definition) is 3. The van der Waals surface area contributed by atoms with Crippen LogP contribution in [0.4, 0.5) is 0 Å². The Labute approximate surface area is 85.5 Å². The van der Waals surface area contributed by atoms with E-state index in [0.717, 1.165) is 38.6 Å². The summed E-state index contributed by atoms with van der Waals surface area (Å²) in [5.74, 6) is 0. The lowest BCUT2D eigenvalue weighted by atomic mass is 9.92. The van der Waals surface area contributed by atoms with Gasteiger partial charge < -0.3 is 15.5 Å². The van der Waals surface area contributed by atoms with Crippen LogP contribution in [0.2, 0.25) is 0 Å². The summed E-state index contributed by atoms with van der Waals surface area (Å²) in [6, 6.07) is 0.271. The third kappa shape index (κ3) is 2.27. The van der Waals surface area contributed by atoms with E-state index in [1.807, 2.05) is 0 Å². The Hall–Kier alpha value is -0.120. The van der Waals surface area contributed by atoms with Crippen LogP contribution in [-0.2, 0) is 0 Å². The van der Waals surface area contributed by atoms with Gasteiger partial charge in [0.1, 0.15) is 0 Å². The monoisotopic (exact) mass is 199 g/mol. The summed E-state index contributed by atoms with van der Waals surface area (Å²) < 4.78 is 0. The third-order valence-corrected chi connectivity index (χ3v) is 3.76. The Morgan fingerprint density at radius 3 is 2.50 bits per heavy atom. The van der Waals surface area contributed by atoms with E-state index in [2.05, 4.69) is 5.32 Å². The summed E-state index contributed by atoms with van der Waals surface area (Å²) in [6.45, 7) is 1.17. The van der Waals surface area contributed by atoms with Crippen LogP contribution in [0.25, 0.3) is 0 Å². The van der Waals surface area contributed by atoms with Gasteiger partial charge in [-0.3, -0.25) is 0 Å². The SMILES string of the molecule is OCC1(CNC2CCCCC2O)CC1. The van der Waals surface area contributed by atoms with Crippen molar-refractivity contribution in [2.24, 2.45) is 5.41 Å². The van der Waals surface area contributed by atoms with E-state index in [-0.39, 0.29) is 17.6 Å². The molecule has 0 aromatic heterocycles. The van der Waals surface area contributed by atoms with Gasteiger partial charge >= 0.3 is 0 Å². The van der Waals surface area contributed by atoms with Crippen LogP contribution in [0.3, 0.4) is 0 Å². The van der Waals surface area contributed by atoms with Crippen molar-refractivity contribution >= 4 is 0 Å². The summed E-state index contributed by atoms with van der Waals surface area (Å²) in [6.07, 6.45) is 6.51. The second-order valence-electron chi connectivity index (χ2n) is 5.00. The van der Waals surface area contributed by atoms with E-state index in [1.165, 1.54) is 6.42 Å². The second-order valence-corrected chi connectivity index (χ2v) is 5.00. The molecule has 2 fully saturated rings. The average molecular weight is 199 g/mol. The predicted molar refractivity (Wildman–Crippen MR) is 55.0 cm³/mol. The van der Waals surface area contributed by atoms with Crippen molar-refractivity contribution < 1.29 is 10.2 Å². The van der Waals surface area contributed by atoms with Gasteiger partial charge in [0.05, 0.1) is 6.10 Å². The minimum atomic E-state index is -0.168. The molecule has 2 saturated carbocycles. The predicted octanol–water partition coefficient (Wildman–Crippen LogP) is 0.652. The molecule has 2 aliphatic carbocycles. The van der Waals surface area contributed by atoms with Gasteiger partial charge in [0.25, 0.3) is 0 Å². The highest BCUT2D eigenvalue weighted by Crippen LogP contribution is 2.44. The molecular weight excluding hydrogens is 178 g/mol. The minimum absolute atomic E-state index is 0.164. The molecule has 14 heavy (non-hydrogen) atoms. The van der Waals surface area contributed by atoms with E-state index in [1.54, 1.807) is 0 Å². The number of rotatable bonds is 4. The summed E-state index contributed by atoms with van der Waals surface area (Å²) in [4.78, 5) is 0. The van der Waals surface area contributed by atoms with E-state index in [9.17, 15) is 5.11 Å². The van der Waals surface area contributed by atoms with E-state index < -0.39 is 0 Å². The maximum absolute atomic E-state index is 9.73. The zero-order valence-corrected chi connectivity index (χ0v) is 8.71. The summed E-state index contributed by atoms with van der Waals surface area (Å²) >= 11 is 0. The number of aliphatic hydroxyl groups is 2. The first-order chi connectivity index (χ1) is 6.76. The number of nitrogens with one attached hydrogen (secondary N) is 1. The molecule has 3 nitrogen and oxygen atoms in total. The van der Waals surface area contributed by atoms with Gasteiger partial charge in [-0.15, -0.1) is 0 Å². The fourth-order valence-electron chi connectivity index (χ4n) is 2.26. The normalized spacial score (nSPS) is 35.6. The van der Waals surface area contributed by atoms with Crippen molar-refractivity contribution in [1.82, 2.24) is 5.32 Å². The Morgan fingerprint density at radius 2 is 1.93 bits per heavy atom. The van der Waals surface area contributed by atoms with Gasteiger partial charge in [0.2, 0.25) is 0 Å². The first kappa shape index (κ1) is 10.4. The van der Waals surface area contributed by atoms with Crippen LogP contribution in [0.15, 0.2) is 0 Å². The smallest absolute Gasteiger partial charge is 0.0693 e. The van der Waals surface area contributed by atoms with Gasteiger partial charge in [0.15, 0.2) is 0 Å². The molecular formula is C11H21NO2. The molecule has 0 aromatic carbocycles. The fraction of sp³-hybridized carbons (Fsp3) is 1.00. The van der Waals surface area contributed by atoms with Crippen LogP contribution in [0.5, 0.6) is 0 Å². The quantitative estimate of drug-likeness (QED) is 0.623. The van der Waals surface area contributed by atoms with Gasteiger partial charge in [-0.25, -0.2) is 0 Å². The molecule has 82 valence electrons. The van der Waals surface area contributed by atoms with Gasteiger partial charge in [-0.2, -0.15) is 0 Å². The molecule has 0 spiro atoms. The molecule has 2 aliphatic rings. The Bertz CT molecular complexity index is 192. The van der Waals surface area contributed by atoms with Gasteiger partial charge in [-0.05, 0) is 25.7 Å². The largest absolute Gasteiger partial charge is 0.396 e. The molecule has 0 saturated heterocycles. The summed E-state index contributed by atoms with van der Waals surface area (Å²) in [5.41, 5.74) is 0.164. The molecule has 0 amide bonds. The maximum atomic E-state index is 9.73. The molecule has 0 radical (unpaired) electrons. The molecule has 0 bridgehead atoms. The highest BCUT2D eigenvalue weighted by molar-refractivity contribution is 4.95. The molecule has 0 aliphatic heterocycles. The zero-order valence-electron chi connectivity index (χ0n) is 8.71. The highest BCUT2D eigenvalue weighted by Gasteiger charge is 2.42. The van der Waals surface area contributed by atoms with Crippen LogP contribution in [0, 0.1) is 5.41 Å². The van der Waals surface area contributed by atoms with Crippen molar-refractivity contribution in [3.8, 4) is 0 Å². The molecule has 0 aromatic rings. The Balaban J connectivity index is 1.73. The molecule has 2 rings (SSSR count). The van der Waals surface area contributed by atoms with Crippen LogP contribution >= 0.6 is 0 Å². The van der Waals surface area contributed by atoms with Crippen molar-refractivity contribution in [2.75, 3.05) is 13.2 Å². The van der Waals surface area contributed by atoms with Crippen molar-refractivity contribution in [3.63, 3.8) is 0 Å². The van der Waals surface area contributed by atoms with E-state index in [0.29, 0.717) is 6.61 Å². The first-order valence-corrected chi connectivity index (χ1v) is 5.78. The maximum Gasteiger partial charge on any atom is 0.0693 e. The third-order valence-electron chi connectivity index (χ3n) is 3.76. The second kappa shape index (κ2) is 4.17. The van der Waals surface area contributed by atoms with Crippen molar-refractivity contribution in [2.45, 2.75) is 50.7 Å². The van der Waals surface area contributed by atoms with Crippen LogP contribution in [-0.4, -0.2) is 35.5 Å². The molecule has 2 unspecified atom stereocenters. The van der Waals surface area contributed by atoms with E-state index in [4.69, 9.17) is 5.11 Å². The molecule has 3 N–H and O–H groups in total. The Kier molecular flexibility index (Phi) is 3.10. The molecule has 2 atom stereocenters. The average Bonchev–Trinajstić information content (AvgIpc) is 2.98. The number of hydrogen-bond donors (Lipinski definition) is 3. The Morgan fingerprint density at radius 1 is 1.21 bits per heavy atom. The van der Waals surface area contributed by atoms with Crippen molar-refractivity contribution in [3.05, 3.63) is 0 Å². The first-order valence-electron chi connectivity index (χ1n) is 5.78. The minimum Gasteiger partial charge on any atom is -0.396 e. The van der Waals surface area contributed by atoms with E-state index >= 15 is 0 Å². The van der Waals surface area contributed by atoms with Gasteiger partial charge in [0, 0.05) is 24.6 Å². The standard InChI is InChI=1S/C11H21NO2/c13-8-11(5-6-11)7-12-9-3-1-2-4-10(9)14/h9-10,12-14H,1-8H2. The fourth-order valence-corrected chi connectivity index (χ4v) is 2.26. The lowest BCUT2D eigenvalue weighted by Gasteiger charge is -2.29. The lowest BCUT2D eigenvalue weighted by molar-refractivity contribution is 0.0846. The van der Waals surface area contributed by atoms with Gasteiger partial charge in [-0.1, -0.05) is 12.8 Å². The molecule has 0 heterocycles. The molecule has 3 heteroatoms.